The van der Waals surface area contributed by atoms with Crippen LogP contribution in [0.1, 0.15) is 24.2 Å². The number of hydrogen-bond acceptors (Lipinski definition) is 4. The molecule has 0 aliphatic heterocycles. The predicted octanol–water partition coefficient (Wildman–Crippen LogP) is 2.44. The van der Waals surface area contributed by atoms with E-state index in [1.807, 2.05) is 0 Å². The van der Waals surface area contributed by atoms with Gasteiger partial charge in [-0.2, -0.15) is 0 Å². The number of ether oxygens (including phenoxy) is 2. The number of benzene rings is 1. The molecule has 0 amide bonds. The van der Waals surface area contributed by atoms with Crippen molar-refractivity contribution in [2.75, 3.05) is 6.61 Å². The maximum Gasteiger partial charge on any atom is 0.341 e. The molecule has 1 aromatic carbocycles. The molecule has 4 nitrogen and oxygen atoms in total. The van der Waals surface area contributed by atoms with Gasteiger partial charge in [0.25, 0.3) is 0 Å². The van der Waals surface area contributed by atoms with Crippen molar-refractivity contribution in [3.8, 4) is 5.75 Å². The summed E-state index contributed by atoms with van der Waals surface area (Å²) in [7, 11) is 0. The molecule has 1 aromatic rings. The highest BCUT2D eigenvalue weighted by Crippen LogP contribution is 2.24. The first kappa shape index (κ1) is 12.5. The van der Waals surface area contributed by atoms with Gasteiger partial charge in [-0.1, -0.05) is 11.6 Å². The lowest BCUT2D eigenvalue weighted by Crippen LogP contribution is -2.10. The van der Waals surface area contributed by atoms with Crippen LogP contribution in [0.4, 0.5) is 0 Å². The standard InChI is InChI=1S/C11H11ClO4/c1-3-15-11(14)9-5-4-8(12)6-10(9)16-7(2)13/h4-6H,3H2,1-2H3. The monoisotopic (exact) mass is 242 g/mol. The Labute approximate surface area is 98.1 Å². The van der Waals surface area contributed by atoms with Crippen LogP contribution in [0.3, 0.4) is 0 Å². The Kier molecular flexibility index (Phi) is 4.31. The van der Waals surface area contributed by atoms with Crippen molar-refractivity contribution in [1.29, 1.82) is 0 Å². The highest BCUT2D eigenvalue weighted by Gasteiger charge is 2.15. The number of carbonyl (C=O) groups excluding carboxylic acids is 2. The van der Waals surface area contributed by atoms with Crippen LogP contribution in [0.5, 0.6) is 5.75 Å². The summed E-state index contributed by atoms with van der Waals surface area (Å²) < 4.78 is 9.69. The third-order valence-corrected chi connectivity index (χ3v) is 1.93. The number of carbonyl (C=O) groups is 2. The maximum atomic E-state index is 11.5. The molecular formula is C11H11ClO4. The van der Waals surface area contributed by atoms with E-state index in [9.17, 15) is 9.59 Å². The third-order valence-electron chi connectivity index (χ3n) is 1.69. The van der Waals surface area contributed by atoms with E-state index < -0.39 is 11.9 Å². The van der Waals surface area contributed by atoms with Crippen LogP contribution in [0.2, 0.25) is 5.02 Å². The first-order valence-electron chi connectivity index (χ1n) is 4.69. The van der Waals surface area contributed by atoms with Crippen molar-refractivity contribution >= 4 is 23.5 Å². The van der Waals surface area contributed by atoms with Crippen molar-refractivity contribution in [2.24, 2.45) is 0 Å². The topological polar surface area (TPSA) is 52.6 Å². The van der Waals surface area contributed by atoms with Gasteiger partial charge in [0.2, 0.25) is 0 Å². The number of halogens is 1. The van der Waals surface area contributed by atoms with Crippen molar-refractivity contribution in [3.63, 3.8) is 0 Å². The fourth-order valence-electron chi connectivity index (χ4n) is 1.11. The van der Waals surface area contributed by atoms with Gasteiger partial charge >= 0.3 is 11.9 Å². The first-order valence-corrected chi connectivity index (χ1v) is 5.07. The molecule has 0 heterocycles. The van der Waals surface area contributed by atoms with E-state index in [1.165, 1.54) is 25.1 Å². The van der Waals surface area contributed by atoms with Gasteiger partial charge in [-0.3, -0.25) is 4.79 Å². The fourth-order valence-corrected chi connectivity index (χ4v) is 1.28. The zero-order chi connectivity index (χ0) is 12.1. The molecule has 0 N–H and O–H groups in total. The Morgan fingerprint density at radius 3 is 2.62 bits per heavy atom. The van der Waals surface area contributed by atoms with Crippen LogP contribution in [0, 0.1) is 0 Å². The summed E-state index contributed by atoms with van der Waals surface area (Å²) in [5, 5.41) is 0.379. The smallest absolute Gasteiger partial charge is 0.341 e. The quantitative estimate of drug-likeness (QED) is 0.603. The van der Waals surface area contributed by atoms with E-state index in [-0.39, 0.29) is 17.9 Å². The summed E-state index contributed by atoms with van der Waals surface area (Å²) in [6.45, 7) is 3.19. The number of esters is 2. The van der Waals surface area contributed by atoms with Crippen molar-refractivity contribution in [3.05, 3.63) is 28.8 Å². The van der Waals surface area contributed by atoms with Gasteiger partial charge in [-0.25, -0.2) is 4.79 Å². The first-order chi connectivity index (χ1) is 7.54. The molecule has 0 unspecified atom stereocenters. The molecule has 0 bridgehead atoms. The molecule has 0 aliphatic rings. The van der Waals surface area contributed by atoms with E-state index in [0.717, 1.165) is 0 Å². The normalized spacial score (nSPS) is 9.69. The van der Waals surface area contributed by atoms with Gasteiger partial charge in [-0.15, -0.1) is 0 Å². The van der Waals surface area contributed by atoms with Crippen LogP contribution < -0.4 is 4.74 Å². The SMILES string of the molecule is CCOC(=O)c1ccc(Cl)cc1OC(C)=O. The van der Waals surface area contributed by atoms with Crippen LogP contribution in [0.15, 0.2) is 18.2 Å². The number of hydrogen-bond donors (Lipinski definition) is 0. The van der Waals surface area contributed by atoms with Crippen molar-refractivity contribution in [1.82, 2.24) is 0 Å². The zero-order valence-corrected chi connectivity index (χ0v) is 9.71. The summed E-state index contributed by atoms with van der Waals surface area (Å²) in [5.74, 6) is -0.957. The maximum absolute atomic E-state index is 11.5. The lowest BCUT2D eigenvalue weighted by atomic mass is 10.2. The molecule has 0 spiro atoms. The molecule has 1 rings (SSSR count). The lowest BCUT2D eigenvalue weighted by Gasteiger charge is -2.08. The average Bonchev–Trinajstić information content (AvgIpc) is 2.16. The molecular weight excluding hydrogens is 232 g/mol. The van der Waals surface area contributed by atoms with Crippen LogP contribution in [-0.4, -0.2) is 18.5 Å². The Bertz CT molecular complexity index is 414. The van der Waals surface area contributed by atoms with Gasteiger partial charge in [0.1, 0.15) is 11.3 Å². The minimum atomic E-state index is -0.546. The van der Waals surface area contributed by atoms with Crippen LogP contribution in [-0.2, 0) is 9.53 Å². The molecule has 0 aromatic heterocycles. The number of rotatable bonds is 3. The third kappa shape index (κ3) is 3.24. The van der Waals surface area contributed by atoms with Gasteiger partial charge in [0, 0.05) is 18.0 Å². The lowest BCUT2D eigenvalue weighted by molar-refractivity contribution is -0.131. The molecule has 0 aliphatic carbocycles. The summed E-state index contributed by atoms with van der Waals surface area (Å²) in [6.07, 6.45) is 0. The Balaban J connectivity index is 3.06. The summed E-state index contributed by atoms with van der Waals surface area (Å²) in [4.78, 5) is 22.3. The molecule has 16 heavy (non-hydrogen) atoms. The van der Waals surface area contributed by atoms with E-state index in [1.54, 1.807) is 6.92 Å². The second-order valence-corrected chi connectivity index (χ2v) is 3.39. The predicted molar refractivity (Wildman–Crippen MR) is 58.7 cm³/mol. The van der Waals surface area contributed by atoms with Gasteiger partial charge in [0.05, 0.1) is 6.61 Å². The van der Waals surface area contributed by atoms with Gasteiger partial charge in [-0.05, 0) is 19.1 Å². The van der Waals surface area contributed by atoms with Crippen molar-refractivity contribution in [2.45, 2.75) is 13.8 Å². The molecule has 5 heteroatoms. The Morgan fingerprint density at radius 2 is 2.06 bits per heavy atom. The summed E-state index contributed by atoms with van der Waals surface area (Å²) in [6, 6.07) is 4.38. The summed E-state index contributed by atoms with van der Waals surface area (Å²) >= 11 is 5.74. The van der Waals surface area contributed by atoms with E-state index >= 15 is 0 Å². The molecule has 0 radical (unpaired) electrons. The largest absolute Gasteiger partial charge is 0.462 e. The molecule has 0 atom stereocenters. The Morgan fingerprint density at radius 1 is 1.38 bits per heavy atom. The molecule has 0 saturated carbocycles. The van der Waals surface area contributed by atoms with E-state index in [0.29, 0.717) is 5.02 Å². The van der Waals surface area contributed by atoms with Crippen LogP contribution >= 0.6 is 11.6 Å². The van der Waals surface area contributed by atoms with Gasteiger partial charge < -0.3 is 9.47 Å². The van der Waals surface area contributed by atoms with Crippen molar-refractivity contribution < 1.29 is 19.1 Å². The fraction of sp³-hybridized carbons (Fsp3) is 0.273. The highest BCUT2D eigenvalue weighted by molar-refractivity contribution is 6.30. The van der Waals surface area contributed by atoms with Crippen LogP contribution in [0.25, 0.3) is 0 Å². The minimum absolute atomic E-state index is 0.110. The van der Waals surface area contributed by atoms with Gasteiger partial charge in [0.15, 0.2) is 0 Å². The summed E-state index contributed by atoms with van der Waals surface area (Å²) in [5.41, 5.74) is 0.182. The van der Waals surface area contributed by atoms with E-state index in [4.69, 9.17) is 21.1 Å². The Hall–Kier alpha value is -1.55. The van der Waals surface area contributed by atoms with E-state index in [2.05, 4.69) is 0 Å². The second kappa shape index (κ2) is 5.51. The molecule has 86 valence electrons. The average molecular weight is 243 g/mol. The molecule has 0 saturated heterocycles. The minimum Gasteiger partial charge on any atom is -0.462 e. The second-order valence-electron chi connectivity index (χ2n) is 2.95. The molecule has 0 fully saturated rings. The highest BCUT2D eigenvalue weighted by atomic mass is 35.5. The zero-order valence-electron chi connectivity index (χ0n) is 8.95.